The predicted octanol–water partition coefficient (Wildman–Crippen LogP) is 4.79. The number of aromatic amines is 1. The molecule has 1 saturated heterocycles. The number of hydrogen-bond acceptors (Lipinski definition) is 4. The van der Waals surface area contributed by atoms with Gasteiger partial charge in [-0.1, -0.05) is 31.4 Å². The van der Waals surface area contributed by atoms with Crippen LogP contribution in [-0.2, 0) is 0 Å². The molecular formula is C25H27N5OS. The van der Waals surface area contributed by atoms with Gasteiger partial charge in [-0.3, -0.25) is 14.1 Å². The highest BCUT2D eigenvalue weighted by molar-refractivity contribution is 7.71. The van der Waals surface area contributed by atoms with Crippen LogP contribution >= 0.6 is 12.2 Å². The van der Waals surface area contributed by atoms with E-state index in [0.717, 1.165) is 53.8 Å². The zero-order valence-corrected chi connectivity index (χ0v) is 18.9. The van der Waals surface area contributed by atoms with Gasteiger partial charge in [0.2, 0.25) is 0 Å². The van der Waals surface area contributed by atoms with Crippen LogP contribution in [0.2, 0.25) is 0 Å². The molecule has 1 aliphatic carbocycles. The third kappa shape index (κ3) is 3.31. The zero-order valence-electron chi connectivity index (χ0n) is 18.1. The molecule has 164 valence electrons. The molecule has 2 fully saturated rings. The average molecular weight is 446 g/mol. The molecule has 0 atom stereocenters. The number of aromatic nitrogens is 3. The summed E-state index contributed by atoms with van der Waals surface area (Å²) in [5.74, 6) is 0.0999. The molecule has 0 spiro atoms. The van der Waals surface area contributed by atoms with Gasteiger partial charge in [0.1, 0.15) is 5.65 Å². The number of nitrogens with one attached hydrogen (secondary N) is 1. The number of hydrogen-bond donors (Lipinski definition) is 1. The molecule has 6 nitrogen and oxygen atoms in total. The number of rotatable bonds is 2. The molecular weight excluding hydrogens is 418 g/mol. The second-order valence-corrected chi connectivity index (χ2v) is 9.46. The number of amides is 1. The average Bonchev–Trinajstić information content (AvgIpc) is 3.24. The lowest BCUT2D eigenvalue weighted by molar-refractivity contribution is 0.0523. The van der Waals surface area contributed by atoms with Crippen molar-refractivity contribution in [2.24, 2.45) is 0 Å². The number of benzene rings is 2. The largest absolute Gasteiger partial charge is 0.336 e. The normalized spacial score (nSPS) is 18.7. The third-order valence-corrected chi connectivity index (χ3v) is 7.49. The molecule has 3 heterocycles. The molecule has 0 unspecified atom stereocenters. The SMILES string of the molecule is O=C(c1ccc2c(c1)[nH]c(=S)n1c3ccccc3nc21)N1CCN(C2CCCCC2)CC1. The molecule has 0 bridgehead atoms. The Morgan fingerprint density at radius 1 is 1.00 bits per heavy atom. The van der Waals surface area contributed by atoms with Crippen LogP contribution in [0.25, 0.3) is 27.6 Å². The van der Waals surface area contributed by atoms with E-state index in [9.17, 15) is 4.79 Å². The minimum Gasteiger partial charge on any atom is -0.336 e. The van der Waals surface area contributed by atoms with E-state index in [1.165, 1.54) is 32.1 Å². The predicted molar refractivity (Wildman–Crippen MR) is 130 cm³/mol. The van der Waals surface area contributed by atoms with Crippen LogP contribution in [0.3, 0.4) is 0 Å². The van der Waals surface area contributed by atoms with Crippen molar-refractivity contribution in [1.82, 2.24) is 24.2 Å². The van der Waals surface area contributed by atoms with E-state index < -0.39 is 0 Å². The van der Waals surface area contributed by atoms with Gasteiger partial charge in [0.15, 0.2) is 4.77 Å². The number of carbonyl (C=O) groups excluding carboxylic acids is 1. The Morgan fingerprint density at radius 3 is 2.59 bits per heavy atom. The van der Waals surface area contributed by atoms with E-state index in [2.05, 4.69) is 9.88 Å². The first kappa shape index (κ1) is 19.9. The Hall–Kier alpha value is -2.77. The molecule has 4 aromatic rings. The molecule has 2 aromatic carbocycles. The Bertz CT molecular complexity index is 1380. The van der Waals surface area contributed by atoms with Crippen LogP contribution in [0.1, 0.15) is 42.5 Å². The van der Waals surface area contributed by atoms with Crippen molar-refractivity contribution in [3.05, 3.63) is 52.8 Å². The maximum Gasteiger partial charge on any atom is 0.254 e. The van der Waals surface area contributed by atoms with Gasteiger partial charge < -0.3 is 9.88 Å². The summed E-state index contributed by atoms with van der Waals surface area (Å²) < 4.78 is 2.56. The van der Waals surface area contributed by atoms with Gasteiger partial charge in [0.25, 0.3) is 5.91 Å². The molecule has 0 radical (unpaired) electrons. The Kier molecular flexibility index (Phi) is 4.96. The number of nitrogens with zero attached hydrogens (tertiary/aromatic N) is 4. The Morgan fingerprint density at radius 2 is 1.78 bits per heavy atom. The fourth-order valence-electron chi connectivity index (χ4n) is 5.48. The van der Waals surface area contributed by atoms with E-state index in [-0.39, 0.29) is 5.91 Å². The second kappa shape index (κ2) is 7.98. The molecule has 1 saturated carbocycles. The van der Waals surface area contributed by atoms with Crippen LogP contribution < -0.4 is 0 Å². The number of piperazine rings is 1. The summed E-state index contributed by atoms with van der Waals surface area (Å²) in [6.07, 6.45) is 6.70. The second-order valence-electron chi connectivity index (χ2n) is 9.07. The molecule has 1 N–H and O–H groups in total. The fourth-order valence-corrected chi connectivity index (χ4v) is 5.77. The van der Waals surface area contributed by atoms with Gasteiger partial charge in [0, 0.05) is 43.2 Å². The van der Waals surface area contributed by atoms with E-state index in [1.807, 2.05) is 51.8 Å². The molecule has 2 aliphatic rings. The van der Waals surface area contributed by atoms with Crippen LogP contribution in [0.5, 0.6) is 0 Å². The quantitative estimate of drug-likeness (QED) is 0.451. The minimum absolute atomic E-state index is 0.0999. The van der Waals surface area contributed by atoms with Crippen molar-refractivity contribution in [1.29, 1.82) is 0 Å². The molecule has 7 heteroatoms. The third-order valence-electron chi connectivity index (χ3n) is 7.21. The monoisotopic (exact) mass is 445 g/mol. The minimum atomic E-state index is 0.0999. The summed E-state index contributed by atoms with van der Waals surface area (Å²) in [5, 5.41) is 0.966. The van der Waals surface area contributed by atoms with E-state index in [0.29, 0.717) is 16.4 Å². The summed E-state index contributed by atoms with van der Waals surface area (Å²) in [4.78, 5) is 26.0. The van der Waals surface area contributed by atoms with Crippen molar-refractivity contribution in [2.45, 2.75) is 38.1 Å². The summed E-state index contributed by atoms with van der Waals surface area (Å²) >= 11 is 5.64. The number of imidazole rings is 1. The van der Waals surface area contributed by atoms with E-state index in [1.54, 1.807) is 0 Å². The first-order chi connectivity index (χ1) is 15.7. The number of para-hydroxylation sites is 2. The Labute approximate surface area is 191 Å². The van der Waals surface area contributed by atoms with E-state index in [4.69, 9.17) is 17.2 Å². The molecule has 2 aromatic heterocycles. The highest BCUT2D eigenvalue weighted by Crippen LogP contribution is 2.26. The van der Waals surface area contributed by atoms with Crippen molar-refractivity contribution in [2.75, 3.05) is 26.2 Å². The summed E-state index contributed by atoms with van der Waals surface area (Å²) in [6, 6.07) is 14.6. The lowest BCUT2D eigenvalue weighted by atomic mass is 9.94. The summed E-state index contributed by atoms with van der Waals surface area (Å²) in [5.41, 5.74) is 4.28. The summed E-state index contributed by atoms with van der Waals surface area (Å²) in [6.45, 7) is 3.56. The molecule has 1 amide bonds. The Balaban J connectivity index is 1.28. The van der Waals surface area contributed by atoms with Crippen molar-refractivity contribution in [3.63, 3.8) is 0 Å². The van der Waals surface area contributed by atoms with Gasteiger partial charge >= 0.3 is 0 Å². The van der Waals surface area contributed by atoms with Gasteiger partial charge in [0.05, 0.1) is 16.6 Å². The smallest absolute Gasteiger partial charge is 0.254 e. The first-order valence-electron chi connectivity index (χ1n) is 11.7. The van der Waals surface area contributed by atoms with Crippen LogP contribution in [0, 0.1) is 4.77 Å². The van der Waals surface area contributed by atoms with Crippen LogP contribution in [-0.4, -0.2) is 62.3 Å². The number of fused-ring (bicyclic) bond motifs is 5. The molecule has 1 aliphatic heterocycles. The maximum atomic E-state index is 13.3. The van der Waals surface area contributed by atoms with Gasteiger partial charge in [-0.05, 0) is 55.4 Å². The number of H-pyrrole nitrogens is 1. The highest BCUT2D eigenvalue weighted by Gasteiger charge is 2.27. The summed E-state index contributed by atoms with van der Waals surface area (Å²) in [7, 11) is 0. The van der Waals surface area contributed by atoms with Crippen LogP contribution in [0.15, 0.2) is 42.5 Å². The standard InChI is InChI=1S/C25H27N5OS/c31-24(29-14-12-28(13-15-29)18-6-2-1-3-7-18)17-10-11-19-21(16-17)27-25(32)30-22-9-5-4-8-20(22)26-23(19)30/h4-5,8-11,16,18H,1-3,6-7,12-15H2,(H,27,32). The van der Waals surface area contributed by atoms with Crippen molar-refractivity contribution >= 4 is 45.7 Å². The van der Waals surface area contributed by atoms with Gasteiger partial charge in [-0.25, -0.2) is 4.98 Å². The lowest BCUT2D eigenvalue weighted by Crippen LogP contribution is -2.52. The van der Waals surface area contributed by atoms with Crippen LogP contribution in [0.4, 0.5) is 0 Å². The zero-order chi connectivity index (χ0) is 21.7. The van der Waals surface area contributed by atoms with Crippen molar-refractivity contribution in [3.8, 4) is 0 Å². The van der Waals surface area contributed by atoms with E-state index >= 15 is 0 Å². The first-order valence-corrected chi connectivity index (χ1v) is 12.1. The van der Waals surface area contributed by atoms with Crippen molar-refractivity contribution < 1.29 is 4.79 Å². The maximum absolute atomic E-state index is 13.3. The number of carbonyl (C=O) groups is 1. The van der Waals surface area contributed by atoms with Gasteiger partial charge in [-0.2, -0.15) is 0 Å². The van der Waals surface area contributed by atoms with Gasteiger partial charge in [-0.15, -0.1) is 0 Å². The topological polar surface area (TPSA) is 56.6 Å². The lowest BCUT2D eigenvalue weighted by Gasteiger charge is -2.40. The fraction of sp³-hybridized carbons (Fsp3) is 0.400. The highest BCUT2D eigenvalue weighted by atomic mass is 32.1. The molecule has 6 rings (SSSR count). The molecule has 32 heavy (non-hydrogen) atoms.